The van der Waals surface area contributed by atoms with Gasteiger partial charge in [0.05, 0.1) is 48.0 Å². The van der Waals surface area contributed by atoms with Gasteiger partial charge in [-0.1, -0.05) is 24.3 Å². The van der Waals surface area contributed by atoms with E-state index in [2.05, 4.69) is 0 Å². The summed E-state index contributed by atoms with van der Waals surface area (Å²) in [7, 11) is 1.54. The molecule has 0 fully saturated rings. The Balaban J connectivity index is 2.34. The minimum atomic E-state index is -0.847. The number of methoxy groups -OCH3 is 1. The van der Waals surface area contributed by atoms with Crippen LogP contribution in [0.2, 0.25) is 0 Å². The van der Waals surface area contributed by atoms with Gasteiger partial charge >= 0.3 is 11.9 Å². The molecule has 184 valence electrons. The highest BCUT2D eigenvalue weighted by molar-refractivity contribution is 6.02. The van der Waals surface area contributed by atoms with E-state index in [1.54, 1.807) is 57.9 Å². The van der Waals surface area contributed by atoms with Crippen molar-refractivity contribution in [1.29, 1.82) is 0 Å². The van der Waals surface area contributed by atoms with Gasteiger partial charge < -0.3 is 19.1 Å². The molecule has 0 spiro atoms. The van der Waals surface area contributed by atoms with E-state index in [4.69, 9.17) is 14.2 Å². The van der Waals surface area contributed by atoms with Crippen LogP contribution >= 0.6 is 0 Å². The Labute approximate surface area is 203 Å². The highest BCUT2D eigenvalue weighted by atomic mass is 16.6. The van der Waals surface area contributed by atoms with E-state index in [1.165, 1.54) is 12.1 Å². The number of benzene rings is 2. The van der Waals surface area contributed by atoms with E-state index in [9.17, 15) is 19.7 Å². The average Bonchev–Trinajstić information content (AvgIpc) is 2.84. The van der Waals surface area contributed by atoms with Crippen molar-refractivity contribution in [3.63, 3.8) is 0 Å². The van der Waals surface area contributed by atoms with Crippen molar-refractivity contribution >= 4 is 23.3 Å². The molecule has 9 heteroatoms. The summed E-state index contributed by atoms with van der Waals surface area (Å²) in [4.78, 5) is 39.1. The number of anilines is 1. The summed E-state index contributed by atoms with van der Waals surface area (Å²) in [5, 5.41) is 11.2. The molecule has 0 amide bonds. The third-order valence-corrected chi connectivity index (χ3v) is 5.78. The molecule has 0 saturated heterocycles. The number of hydrogen-bond donors (Lipinski definition) is 0. The fourth-order valence-electron chi connectivity index (χ4n) is 4.30. The molecule has 1 heterocycles. The van der Waals surface area contributed by atoms with Gasteiger partial charge in [-0.3, -0.25) is 10.1 Å². The number of allylic oxidation sites excluding steroid dienone is 2. The second-order valence-corrected chi connectivity index (χ2v) is 7.73. The van der Waals surface area contributed by atoms with Crippen molar-refractivity contribution in [2.45, 2.75) is 33.6 Å². The maximum atomic E-state index is 13.3. The van der Waals surface area contributed by atoms with Crippen LogP contribution in [0.5, 0.6) is 5.75 Å². The molecule has 0 saturated carbocycles. The van der Waals surface area contributed by atoms with Crippen LogP contribution < -0.4 is 9.64 Å². The van der Waals surface area contributed by atoms with Crippen molar-refractivity contribution in [2.75, 3.05) is 25.2 Å². The van der Waals surface area contributed by atoms with E-state index in [1.807, 2.05) is 18.2 Å². The van der Waals surface area contributed by atoms with Gasteiger partial charge in [-0.25, -0.2) is 9.59 Å². The van der Waals surface area contributed by atoms with Gasteiger partial charge in [-0.15, -0.1) is 0 Å². The second kappa shape index (κ2) is 10.9. The van der Waals surface area contributed by atoms with E-state index in [0.29, 0.717) is 28.4 Å². The fourth-order valence-corrected chi connectivity index (χ4v) is 4.30. The van der Waals surface area contributed by atoms with Gasteiger partial charge in [0.1, 0.15) is 5.75 Å². The Bertz CT molecular complexity index is 1160. The van der Waals surface area contributed by atoms with Crippen LogP contribution in [0.25, 0.3) is 0 Å². The van der Waals surface area contributed by atoms with Crippen molar-refractivity contribution in [3.8, 4) is 5.75 Å². The lowest BCUT2D eigenvalue weighted by Crippen LogP contribution is -2.35. The minimum absolute atomic E-state index is 0.100. The topological polar surface area (TPSA) is 108 Å². The highest BCUT2D eigenvalue weighted by Gasteiger charge is 2.41. The molecule has 35 heavy (non-hydrogen) atoms. The highest BCUT2D eigenvalue weighted by Crippen LogP contribution is 2.46. The molecule has 0 N–H and O–H groups in total. The number of ether oxygens (including phenoxy) is 3. The molecule has 0 aromatic heterocycles. The average molecular weight is 481 g/mol. The van der Waals surface area contributed by atoms with E-state index >= 15 is 0 Å². The van der Waals surface area contributed by atoms with Gasteiger partial charge in [-0.05, 0) is 45.4 Å². The number of rotatable bonds is 8. The SMILES string of the molecule is CCOC(=O)C1=C(C)N(c2ccccc2OC)C(C)=C(C(=O)OCC)C1c1ccc([N+](=O)[O-])cc1. The summed E-state index contributed by atoms with van der Waals surface area (Å²) in [6.45, 7) is 7.19. The van der Waals surface area contributed by atoms with Crippen LogP contribution in [-0.2, 0) is 19.1 Å². The molecule has 0 bridgehead atoms. The van der Waals surface area contributed by atoms with E-state index in [-0.39, 0.29) is 30.0 Å². The predicted molar refractivity (Wildman–Crippen MR) is 130 cm³/mol. The Morgan fingerprint density at radius 1 is 0.914 bits per heavy atom. The Morgan fingerprint density at radius 3 is 1.89 bits per heavy atom. The zero-order valence-corrected chi connectivity index (χ0v) is 20.4. The zero-order chi connectivity index (χ0) is 25.7. The summed E-state index contributed by atoms with van der Waals surface area (Å²) in [6.07, 6.45) is 0. The number of carbonyl (C=O) groups is 2. The number of esters is 2. The molecule has 1 aliphatic heterocycles. The van der Waals surface area contributed by atoms with Gasteiger partial charge in [0.15, 0.2) is 0 Å². The lowest BCUT2D eigenvalue weighted by atomic mass is 9.79. The molecule has 2 aromatic rings. The van der Waals surface area contributed by atoms with Crippen molar-refractivity contribution < 1.29 is 28.7 Å². The molecule has 9 nitrogen and oxygen atoms in total. The van der Waals surface area contributed by atoms with Crippen LogP contribution in [0.3, 0.4) is 0 Å². The first kappa shape index (κ1) is 25.5. The Kier molecular flexibility index (Phi) is 7.91. The summed E-state index contributed by atoms with van der Waals surface area (Å²) < 4.78 is 16.3. The molecule has 3 rings (SSSR count). The van der Waals surface area contributed by atoms with Crippen LogP contribution in [0.4, 0.5) is 11.4 Å². The zero-order valence-electron chi connectivity index (χ0n) is 20.4. The Hall–Kier alpha value is -4.14. The maximum absolute atomic E-state index is 13.3. The number of carbonyl (C=O) groups excluding carboxylic acids is 2. The number of hydrogen-bond acceptors (Lipinski definition) is 8. The first-order valence-electron chi connectivity index (χ1n) is 11.2. The number of nitrogens with zero attached hydrogens (tertiary/aromatic N) is 2. The largest absolute Gasteiger partial charge is 0.495 e. The molecule has 2 aromatic carbocycles. The van der Waals surface area contributed by atoms with Crippen molar-refractivity contribution in [1.82, 2.24) is 0 Å². The summed E-state index contributed by atoms with van der Waals surface area (Å²) in [5.74, 6) is -1.49. The number of non-ortho nitro benzene ring substituents is 1. The van der Waals surface area contributed by atoms with Crippen LogP contribution in [-0.4, -0.2) is 37.2 Å². The third-order valence-electron chi connectivity index (χ3n) is 5.78. The first-order chi connectivity index (χ1) is 16.8. The van der Waals surface area contributed by atoms with E-state index in [0.717, 1.165) is 0 Å². The lowest BCUT2D eigenvalue weighted by Gasteiger charge is -2.38. The third kappa shape index (κ3) is 4.89. The number of nitro benzene ring substituents is 1. The molecular weight excluding hydrogens is 452 g/mol. The minimum Gasteiger partial charge on any atom is -0.495 e. The number of nitro groups is 1. The molecule has 0 radical (unpaired) electrons. The smallest absolute Gasteiger partial charge is 0.336 e. The quantitative estimate of drug-likeness (QED) is 0.299. The summed E-state index contributed by atoms with van der Waals surface area (Å²) >= 11 is 0. The molecule has 0 aliphatic carbocycles. The summed E-state index contributed by atoms with van der Waals surface area (Å²) in [5.41, 5.74) is 2.62. The molecule has 0 atom stereocenters. The van der Waals surface area contributed by atoms with E-state index < -0.39 is 22.8 Å². The van der Waals surface area contributed by atoms with Gasteiger partial charge in [-0.2, -0.15) is 0 Å². The standard InChI is InChI=1S/C26H28N2O7/c1-6-34-25(29)22-16(3)27(20-10-8-9-11-21(20)33-5)17(4)23(26(30)35-7-2)24(22)18-12-14-19(15-13-18)28(31)32/h8-15,24H,6-7H2,1-5H3. The lowest BCUT2D eigenvalue weighted by molar-refractivity contribution is -0.384. The van der Waals surface area contributed by atoms with Crippen molar-refractivity contribution in [2.24, 2.45) is 0 Å². The van der Waals surface area contributed by atoms with Crippen LogP contribution in [0, 0.1) is 10.1 Å². The van der Waals surface area contributed by atoms with Crippen LogP contribution in [0.15, 0.2) is 71.1 Å². The monoisotopic (exact) mass is 480 g/mol. The fraction of sp³-hybridized carbons (Fsp3) is 0.308. The van der Waals surface area contributed by atoms with Gasteiger partial charge in [0.25, 0.3) is 5.69 Å². The Morgan fingerprint density at radius 2 is 1.43 bits per heavy atom. The first-order valence-corrected chi connectivity index (χ1v) is 11.2. The summed E-state index contributed by atoms with van der Waals surface area (Å²) in [6, 6.07) is 13.0. The molecule has 0 unspecified atom stereocenters. The molecular formula is C26H28N2O7. The van der Waals surface area contributed by atoms with Gasteiger partial charge in [0, 0.05) is 23.5 Å². The maximum Gasteiger partial charge on any atom is 0.336 e. The van der Waals surface area contributed by atoms with Crippen molar-refractivity contribution in [3.05, 3.63) is 86.7 Å². The second-order valence-electron chi connectivity index (χ2n) is 7.73. The predicted octanol–water partition coefficient (Wildman–Crippen LogP) is 4.88. The normalized spacial score (nSPS) is 14.1. The molecule has 1 aliphatic rings. The number of para-hydroxylation sites is 2. The van der Waals surface area contributed by atoms with Crippen LogP contribution in [0.1, 0.15) is 39.2 Å². The van der Waals surface area contributed by atoms with Gasteiger partial charge in [0.2, 0.25) is 0 Å².